The number of aryl methyl sites for hydroxylation is 1. The highest BCUT2D eigenvalue weighted by atomic mass is 16.4. The van der Waals surface area contributed by atoms with Gasteiger partial charge < -0.3 is 25.1 Å². The Hall–Kier alpha value is -3.03. The second-order valence-corrected chi connectivity index (χ2v) is 5.33. The van der Waals surface area contributed by atoms with Gasteiger partial charge in [-0.1, -0.05) is 0 Å². The molecule has 128 valence electrons. The van der Waals surface area contributed by atoms with Crippen LogP contribution in [0, 0.1) is 6.92 Å². The summed E-state index contributed by atoms with van der Waals surface area (Å²) in [4.78, 5) is 34.3. The number of amides is 1. The third kappa shape index (κ3) is 3.65. The molecular formula is C16H17NO7. The Balaban J connectivity index is 2.21. The van der Waals surface area contributed by atoms with Crippen LogP contribution < -0.4 is 10.9 Å². The fourth-order valence-corrected chi connectivity index (χ4v) is 2.32. The molecule has 1 amide bonds. The van der Waals surface area contributed by atoms with Crippen molar-refractivity contribution >= 4 is 22.8 Å². The minimum atomic E-state index is -0.946. The molecule has 0 aliphatic rings. The predicted octanol–water partition coefficient (Wildman–Crippen LogP) is 1.04. The molecule has 24 heavy (non-hydrogen) atoms. The quantitative estimate of drug-likeness (QED) is 0.351. The Morgan fingerprint density at radius 2 is 1.96 bits per heavy atom. The smallest absolute Gasteiger partial charge is 0.340 e. The number of hydrogen-bond acceptors (Lipinski definition) is 6. The van der Waals surface area contributed by atoms with Gasteiger partial charge >= 0.3 is 11.6 Å². The zero-order valence-corrected chi connectivity index (χ0v) is 13.0. The first-order valence-electron chi connectivity index (χ1n) is 7.27. The molecule has 0 atom stereocenters. The van der Waals surface area contributed by atoms with E-state index in [4.69, 9.17) is 9.52 Å². The minimum absolute atomic E-state index is 0.0554. The number of carbonyl (C=O) groups excluding carboxylic acids is 1. The predicted molar refractivity (Wildman–Crippen MR) is 84.1 cm³/mol. The van der Waals surface area contributed by atoms with E-state index < -0.39 is 29.0 Å². The summed E-state index contributed by atoms with van der Waals surface area (Å²) in [7, 11) is 0. The number of hydrogen-bond donors (Lipinski definition) is 4. The second-order valence-electron chi connectivity index (χ2n) is 5.33. The molecular weight excluding hydrogens is 318 g/mol. The van der Waals surface area contributed by atoms with Gasteiger partial charge in [0, 0.05) is 18.4 Å². The van der Waals surface area contributed by atoms with Crippen LogP contribution in [0.5, 0.6) is 11.5 Å². The zero-order valence-electron chi connectivity index (χ0n) is 13.0. The van der Waals surface area contributed by atoms with E-state index in [-0.39, 0.29) is 30.5 Å². The molecule has 2 rings (SSSR count). The summed E-state index contributed by atoms with van der Waals surface area (Å²) in [5, 5.41) is 30.7. The molecule has 0 saturated carbocycles. The van der Waals surface area contributed by atoms with Gasteiger partial charge in [0.05, 0.1) is 12.0 Å². The largest absolute Gasteiger partial charge is 0.504 e. The van der Waals surface area contributed by atoms with Crippen LogP contribution in [-0.2, 0) is 16.0 Å². The number of phenolic OH excluding ortho intramolecular Hbond substituents is 2. The number of aliphatic carboxylic acids is 1. The van der Waals surface area contributed by atoms with Crippen LogP contribution in [0.4, 0.5) is 0 Å². The summed E-state index contributed by atoms with van der Waals surface area (Å²) in [6, 6.07) is 2.75. The van der Waals surface area contributed by atoms with Crippen molar-refractivity contribution in [2.45, 2.75) is 26.2 Å². The average molecular weight is 335 g/mol. The van der Waals surface area contributed by atoms with Crippen molar-refractivity contribution in [2.24, 2.45) is 0 Å². The highest BCUT2D eigenvalue weighted by Crippen LogP contribution is 2.34. The fraction of sp³-hybridized carbons (Fsp3) is 0.312. The molecule has 1 aromatic heterocycles. The van der Waals surface area contributed by atoms with Crippen LogP contribution in [0.3, 0.4) is 0 Å². The van der Waals surface area contributed by atoms with E-state index in [1.54, 1.807) is 6.92 Å². The van der Waals surface area contributed by atoms with E-state index in [0.717, 1.165) is 0 Å². The molecule has 0 radical (unpaired) electrons. The Kier molecular flexibility index (Phi) is 5.08. The number of carboxylic acids is 1. The molecule has 0 bridgehead atoms. The maximum absolute atomic E-state index is 12.1. The molecule has 1 heterocycles. The minimum Gasteiger partial charge on any atom is -0.504 e. The summed E-state index contributed by atoms with van der Waals surface area (Å²) < 4.78 is 5.02. The Labute approximate surface area is 136 Å². The Morgan fingerprint density at radius 1 is 1.25 bits per heavy atom. The number of carboxylic acid groups (broad SMARTS) is 1. The molecule has 2 aromatic rings. The van der Waals surface area contributed by atoms with E-state index in [0.29, 0.717) is 17.4 Å². The summed E-state index contributed by atoms with van der Waals surface area (Å²) >= 11 is 0. The van der Waals surface area contributed by atoms with Gasteiger partial charge in [-0.25, -0.2) is 4.79 Å². The molecule has 1 aromatic carbocycles. The lowest BCUT2D eigenvalue weighted by molar-refractivity contribution is -0.137. The van der Waals surface area contributed by atoms with Gasteiger partial charge in [-0.15, -0.1) is 0 Å². The van der Waals surface area contributed by atoms with Crippen LogP contribution >= 0.6 is 0 Å². The number of aromatic hydroxyl groups is 2. The number of phenols is 2. The number of nitrogens with one attached hydrogen (secondary N) is 1. The van der Waals surface area contributed by atoms with Crippen LogP contribution in [0.2, 0.25) is 0 Å². The molecule has 0 fully saturated rings. The van der Waals surface area contributed by atoms with Crippen LogP contribution in [0.15, 0.2) is 21.3 Å². The SMILES string of the molecule is Cc1c(CC(=O)NCCCC(=O)O)c(=O)oc2c(O)c(O)ccc12. The lowest BCUT2D eigenvalue weighted by Crippen LogP contribution is -2.28. The lowest BCUT2D eigenvalue weighted by Gasteiger charge is -2.09. The summed E-state index contributed by atoms with van der Waals surface area (Å²) in [6.07, 6.45) is 0.0124. The molecule has 0 aliphatic heterocycles. The standard InChI is InChI=1S/C16H17NO7/c1-8-9-4-5-11(18)14(22)15(9)24-16(23)10(8)7-12(19)17-6-2-3-13(20)21/h4-5,18,22H,2-3,6-7H2,1H3,(H,17,19)(H,20,21). The number of benzene rings is 1. The number of carbonyl (C=O) groups is 2. The number of fused-ring (bicyclic) bond motifs is 1. The molecule has 0 aliphatic carbocycles. The summed E-state index contributed by atoms with van der Waals surface area (Å²) in [5.41, 5.74) is -0.301. The average Bonchev–Trinajstić information content (AvgIpc) is 2.52. The van der Waals surface area contributed by atoms with Crippen LogP contribution in [0.1, 0.15) is 24.0 Å². The first-order valence-corrected chi connectivity index (χ1v) is 7.27. The van der Waals surface area contributed by atoms with Crippen molar-refractivity contribution in [1.29, 1.82) is 0 Å². The van der Waals surface area contributed by atoms with E-state index in [9.17, 15) is 24.6 Å². The van der Waals surface area contributed by atoms with E-state index in [2.05, 4.69) is 5.32 Å². The van der Waals surface area contributed by atoms with Gasteiger partial charge in [0.1, 0.15) is 0 Å². The molecule has 8 heteroatoms. The van der Waals surface area contributed by atoms with Crippen LogP contribution in [0.25, 0.3) is 11.0 Å². The van der Waals surface area contributed by atoms with Gasteiger partial charge in [-0.3, -0.25) is 9.59 Å². The Bertz CT molecular complexity index is 854. The van der Waals surface area contributed by atoms with E-state index in [1.807, 2.05) is 0 Å². The van der Waals surface area contributed by atoms with Crippen molar-refractivity contribution in [1.82, 2.24) is 5.32 Å². The van der Waals surface area contributed by atoms with Gasteiger partial charge in [0.15, 0.2) is 11.3 Å². The van der Waals surface area contributed by atoms with Gasteiger partial charge in [-0.2, -0.15) is 0 Å². The molecule has 0 spiro atoms. The monoisotopic (exact) mass is 335 g/mol. The lowest BCUT2D eigenvalue weighted by atomic mass is 10.0. The molecule has 4 N–H and O–H groups in total. The van der Waals surface area contributed by atoms with Gasteiger partial charge in [-0.05, 0) is 31.0 Å². The van der Waals surface area contributed by atoms with Gasteiger partial charge in [0.25, 0.3) is 0 Å². The third-order valence-electron chi connectivity index (χ3n) is 3.63. The van der Waals surface area contributed by atoms with Gasteiger partial charge in [0.2, 0.25) is 11.7 Å². The zero-order chi connectivity index (χ0) is 17.9. The first-order chi connectivity index (χ1) is 11.3. The van der Waals surface area contributed by atoms with Crippen LogP contribution in [-0.4, -0.2) is 33.7 Å². The maximum atomic E-state index is 12.1. The Morgan fingerprint density at radius 3 is 2.62 bits per heavy atom. The number of rotatable bonds is 6. The van der Waals surface area contributed by atoms with Crippen molar-refractivity contribution in [3.05, 3.63) is 33.7 Å². The molecule has 0 unspecified atom stereocenters. The maximum Gasteiger partial charge on any atom is 0.340 e. The normalized spacial score (nSPS) is 10.7. The van der Waals surface area contributed by atoms with E-state index >= 15 is 0 Å². The highest BCUT2D eigenvalue weighted by molar-refractivity contribution is 5.89. The van der Waals surface area contributed by atoms with Crippen molar-refractivity contribution in [2.75, 3.05) is 6.54 Å². The van der Waals surface area contributed by atoms with Crippen molar-refractivity contribution < 1.29 is 29.3 Å². The summed E-state index contributed by atoms with van der Waals surface area (Å²) in [5.74, 6) is -2.32. The summed E-state index contributed by atoms with van der Waals surface area (Å²) in [6.45, 7) is 1.81. The van der Waals surface area contributed by atoms with Crippen molar-refractivity contribution in [3.63, 3.8) is 0 Å². The highest BCUT2D eigenvalue weighted by Gasteiger charge is 2.18. The van der Waals surface area contributed by atoms with E-state index in [1.165, 1.54) is 12.1 Å². The molecule has 0 saturated heterocycles. The second kappa shape index (κ2) is 7.03. The third-order valence-corrected chi connectivity index (χ3v) is 3.63. The van der Waals surface area contributed by atoms with Crippen molar-refractivity contribution in [3.8, 4) is 11.5 Å². The topological polar surface area (TPSA) is 137 Å². The molecule has 8 nitrogen and oxygen atoms in total. The first kappa shape index (κ1) is 17.3. The fourth-order valence-electron chi connectivity index (χ4n) is 2.32.